The second kappa shape index (κ2) is 5.15. The Balaban J connectivity index is 0.000000461. The zero-order valence-corrected chi connectivity index (χ0v) is 9.86. The fourth-order valence-electron chi connectivity index (χ4n) is 1.25. The van der Waals surface area contributed by atoms with Gasteiger partial charge in [0.1, 0.15) is 5.82 Å². The highest BCUT2D eigenvalue weighted by molar-refractivity contribution is 9.10. The van der Waals surface area contributed by atoms with Crippen molar-refractivity contribution in [3.63, 3.8) is 0 Å². The van der Waals surface area contributed by atoms with Gasteiger partial charge in [0.25, 0.3) is 0 Å². The molecule has 1 heterocycles. The lowest BCUT2D eigenvalue weighted by atomic mass is 10.1. The Labute approximate surface area is 92.1 Å². The molecule has 1 aromatic rings. The molecule has 0 radical (unpaired) electrons. The number of hydrogen-bond donors (Lipinski definition) is 1. The van der Waals surface area contributed by atoms with E-state index in [-0.39, 0.29) is 5.82 Å². The van der Waals surface area contributed by atoms with Gasteiger partial charge < -0.3 is 5.32 Å². The molecular formula is C11H13BrFN. The SMILES string of the molecule is CC.Fc1ccc(Br)c2c1C=CCN2. The molecule has 0 aliphatic carbocycles. The summed E-state index contributed by atoms with van der Waals surface area (Å²) in [5.74, 6) is -0.184. The molecule has 0 unspecified atom stereocenters. The van der Waals surface area contributed by atoms with Crippen molar-refractivity contribution in [1.82, 2.24) is 0 Å². The minimum absolute atomic E-state index is 0.184. The lowest BCUT2D eigenvalue weighted by Gasteiger charge is -2.14. The smallest absolute Gasteiger partial charge is 0.132 e. The Morgan fingerprint density at radius 3 is 2.71 bits per heavy atom. The predicted molar refractivity (Wildman–Crippen MR) is 63.0 cm³/mol. The molecule has 0 saturated carbocycles. The van der Waals surface area contributed by atoms with Crippen molar-refractivity contribution < 1.29 is 4.39 Å². The third-order valence-electron chi connectivity index (χ3n) is 1.82. The molecule has 1 N–H and O–H groups in total. The number of hydrogen-bond acceptors (Lipinski definition) is 1. The number of benzene rings is 1. The van der Waals surface area contributed by atoms with Gasteiger partial charge in [0.05, 0.1) is 5.69 Å². The number of fused-ring (bicyclic) bond motifs is 1. The lowest BCUT2D eigenvalue weighted by Crippen LogP contribution is -2.06. The fraction of sp³-hybridized carbons (Fsp3) is 0.273. The van der Waals surface area contributed by atoms with Crippen molar-refractivity contribution in [2.75, 3.05) is 11.9 Å². The highest BCUT2D eigenvalue weighted by Gasteiger charge is 2.11. The third kappa shape index (κ3) is 2.15. The summed E-state index contributed by atoms with van der Waals surface area (Å²) >= 11 is 3.35. The second-order valence-electron chi connectivity index (χ2n) is 2.60. The first-order valence-electron chi connectivity index (χ1n) is 4.67. The summed E-state index contributed by atoms with van der Waals surface area (Å²) < 4.78 is 14.0. The molecule has 0 atom stereocenters. The van der Waals surface area contributed by atoms with E-state index in [4.69, 9.17) is 0 Å². The maximum absolute atomic E-state index is 13.1. The molecule has 1 aliphatic heterocycles. The summed E-state index contributed by atoms with van der Waals surface area (Å²) in [6.45, 7) is 4.76. The highest BCUT2D eigenvalue weighted by atomic mass is 79.9. The van der Waals surface area contributed by atoms with Gasteiger partial charge in [-0.1, -0.05) is 26.0 Å². The van der Waals surface area contributed by atoms with Crippen LogP contribution in [0.1, 0.15) is 19.4 Å². The maximum atomic E-state index is 13.1. The van der Waals surface area contributed by atoms with Crippen LogP contribution in [0.5, 0.6) is 0 Å². The first-order valence-corrected chi connectivity index (χ1v) is 5.47. The second-order valence-corrected chi connectivity index (χ2v) is 3.46. The zero-order chi connectivity index (χ0) is 10.6. The first kappa shape index (κ1) is 11.2. The van der Waals surface area contributed by atoms with E-state index >= 15 is 0 Å². The molecular weight excluding hydrogens is 245 g/mol. The van der Waals surface area contributed by atoms with E-state index in [1.165, 1.54) is 6.07 Å². The molecule has 0 aromatic heterocycles. The normalized spacial score (nSPS) is 12.3. The summed E-state index contributed by atoms with van der Waals surface area (Å²) in [7, 11) is 0. The van der Waals surface area contributed by atoms with Gasteiger partial charge in [-0.2, -0.15) is 0 Å². The Morgan fingerprint density at radius 1 is 1.36 bits per heavy atom. The van der Waals surface area contributed by atoms with E-state index in [2.05, 4.69) is 21.2 Å². The molecule has 1 aliphatic rings. The lowest BCUT2D eigenvalue weighted by molar-refractivity contribution is 0.625. The van der Waals surface area contributed by atoms with Crippen LogP contribution in [0.3, 0.4) is 0 Å². The summed E-state index contributed by atoms with van der Waals surface area (Å²) in [4.78, 5) is 0. The molecule has 0 saturated heterocycles. The monoisotopic (exact) mass is 257 g/mol. The minimum Gasteiger partial charge on any atom is -0.380 e. The van der Waals surface area contributed by atoms with Crippen LogP contribution in [0.2, 0.25) is 0 Å². The Hall–Kier alpha value is -0.830. The number of anilines is 1. The van der Waals surface area contributed by atoms with Crippen LogP contribution in [-0.4, -0.2) is 6.54 Å². The van der Waals surface area contributed by atoms with Crippen LogP contribution in [0, 0.1) is 5.82 Å². The largest absolute Gasteiger partial charge is 0.380 e. The van der Waals surface area contributed by atoms with E-state index in [9.17, 15) is 4.39 Å². The highest BCUT2D eigenvalue weighted by Crippen LogP contribution is 2.31. The molecule has 14 heavy (non-hydrogen) atoms. The minimum atomic E-state index is -0.184. The zero-order valence-electron chi connectivity index (χ0n) is 8.27. The van der Waals surface area contributed by atoms with Gasteiger partial charge in [-0.05, 0) is 28.1 Å². The van der Waals surface area contributed by atoms with Gasteiger partial charge in [0, 0.05) is 16.6 Å². The standard InChI is InChI=1S/C9H7BrFN.C2H6/c10-7-3-4-8(11)6-2-1-5-12-9(6)7;1-2/h1-4,12H,5H2;1-2H3. The summed E-state index contributed by atoms with van der Waals surface area (Å²) in [6, 6.07) is 3.17. The molecule has 1 aromatic carbocycles. The van der Waals surface area contributed by atoms with E-state index in [0.717, 1.165) is 16.7 Å². The van der Waals surface area contributed by atoms with Crippen LogP contribution in [0.4, 0.5) is 10.1 Å². The van der Waals surface area contributed by atoms with Gasteiger partial charge in [0.2, 0.25) is 0 Å². The van der Waals surface area contributed by atoms with Crippen molar-refractivity contribution in [1.29, 1.82) is 0 Å². The van der Waals surface area contributed by atoms with Gasteiger partial charge in [-0.3, -0.25) is 0 Å². The average Bonchev–Trinajstić information content (AvgIpc) is 2.27. The van der Waals surface area contributed by atoms with Crippen LogP contribution < -0.4 is 5.32 Å². The Kier molecular flexibility index (Phi) is 4.14. The number of rotatable bonds is 0. The van der Waals surface area contributed by atoms with E-state index in [1.807, 2.05) is 19.9 Å². The van der Waals surface area contributed by atoms with Crippen molar-refractivity contribution in [3.8, 4) is 0 Å². The Bertz CT molecular complexity index is 347. The first-order chi connectivity index (χ1) is 6.79. The van der Waals surface area contributed by atoms with Gasteiger partial charge in [0.15, 0.2) is 0 Å². The van der Waals surface area contributed by atoms with Crippen LogP contribution >= 0.6 is 15.9 Å². The Morgan fingerprint density at radius 2 is 2.07 bits per heavy atom. The van der Waals surface area contributed by atoms with Gasteiger partial charge >= 0.3 is 0 Å². The summed E-state index contributed by atoms with van der Waals surface area (Å²) in [5, 5.41) is 3.10. The topological polar surface area (TPSA) is 12.0 Å². The molecule has 0 spiro atoms. The molecule has 3 heteroatoms. The third-order valence-corrected chi connectivity index (χ3v) is 2.48. The maximum Gasteiger partial charge on any atom is 0.132 e. The fourth-order valence-corrected chi connectivity index (χ4v) is 1.73. The molecule has 0 amide bonds. The molecule has 0 fully saturated rings. The molecule has 0 bridgehead atoms. The van der Waals surface area contributed by atoms with Crippen molar-refractivity contribution in [2.24, 2.45) is 0 Å². The average molecular weight is 258 g/mol. The number of nitrogens with one attached hydrogen (secondary N) is 1. The summed E-state index contributed by atoms with van der Waals surface area (Å²) in [6.07, 6.45) is 3.70. The van der Waals surface area contributed by atoms with Crippen molar-refractivity contribution >= 4 is 27.7 Å². The van der Waals surface area contributed by atoms with Crippen LogP contribution in [0.25, 0.3) is 6.08 Å². The summed E-state index contributed by atoms with van der Waals surface area (Å²) in [5.41, 5.74) is 1.48. The van der Waals surface area contributed by atoms with E-state index in [1.54, 1.807) is 12.1 Å². The molecule has 1 nitrogen and oxygen atoms in total. The van der Waals surface area contributed by atoms with E-state index in [0.29, 0.717) is 5.56 Å². The van der Waals surface area contributed by atoms with Crippen LogP contribution in [-0.2, 0) is 0 Å². The van der Waals surface area contributed by atoms with Crippen molar-refractivity contribution in [3.05, 3.63) is 34.1 Å². The number of halogens is 2. The molecule has 76 valence electrons. The molecule has 2 rings (SSSR count). The van der Waals surface area contributed by atoms with E-state index < -0.39 is 0 Å². The quantitative estimate of drug-likeness (QED) is 0.740. The van der Waals surface area contributed by atoms with Gasteiger partial charge in [-0.25, -0.2) is 4.39 Å². The van der Waals surface area contributed by atoms with Gasteiger partial charge in [-0.15, -0.1) is 0 Å². The van der Waals surface area contributed by atoms with Crippen molar-refractivity contribution in [2.45, 2.75) is 13.8 Å². The van der Waals surface area contributed by atoms with Crippen LogP contribution in [0.15, 0.2) is 22.7 Å². The predicted octanol–water partition coefficient (Wildman–Crippen LogP) is 4.05.